The fourth-order valence-corrected chi connectivity index (χ4v) is 5.07. The lowest BCUT2D eigenvalue weighted by Crippen LogP contribution is -2.21. The van der Waals surface area contributed by atoms with Crippen LogP contribution < -0.4 is 5.69 Å². The number of aromatic nitrogens is 2. The van der Waals surface area contributed by atoms with Gasteiger partial charge in [-0.3, -0.25) is 9.13 Å². The summed E-state index contributed by atoms with van der Waals surface area (Å²) in [6.07, 6.45) is 0. The van der Waals surface area contributed by atoms with Crippen LogP contribution in [-0.4, -0.2) is 9.13 Å². The van der Waals surface area contributed by atoms with Crippen molar-refractivity contribution >= 4 is 35.0 Å². The maximum Gasteiger partial charge on any atom is 0.333 e. The van der Waals surface area contributed by atoms with Crippen molar-refractivity contribution in [2.24, 2.45) is 7.05 Å². The Morgan fingerprint density at radius 2 is 1.48 bits per heavy atom. The number of rotatable bonds is 7. The average molecular weight is 471 g/mol. The molecule has 158 valence electrons. The lowest BCUT2D eigenvalue weighted by Gasteiger charge is -2.11. The van der Waals surface area contributed by atoms with Crippen molar-refractivity contribution in [1.29, 1.82) is 0 Å². The summed E-state index contributed by atoms with van der Waals surface area (Å²) in [5, 5.41) is 1.85. The van der Waals surface area contributed by atoms with Gasteiger partial charge in [-0.25, -0.2) is 4.79 Å². The smallest absolute Gasteiger partial charge is 0.333 e. The van der Waals surface area contributed by atoms with Crippen LogP contribution in [0, 0.1) is 0 Å². The minimum absolute atomic E-state index is 0.139. The number of benzene rings is 3. The van der Waals surface area contributed by atoms with E-state index in [1.165, 1.54) is 11.8 Å². The highest BCUT2D eigenvalue weighted by atomic mass is 35.5. The molecule has 0 N–H and O–H groups in total. The van der Waals surface area contributed by atoms with Crippen molar-refractivity contribution in [1.82, 2.24) is 9.13 Å². The summed E-state index contributed by atoms with van der Waals surface area (Å²) in [7, 11) is 1.76. The van der Waals surface area contributed by atoms with Gasteiger partial charge in [-0.1, -0.05) is 83.5 Å². The summed E-state index contributed by atoms with van der Waals surface area (Å²) >= 11 is 13.8. The highest BCUT2D eigenvalue weighted by molar-refractivity contribution is 7.99. The van der Waals surface area contributed by atoms with E-state index >= 15 is 0 Å². The number of ether oxygens (including phenoxy) is 1. The van der Waals surface area contributed by atoms with Crippen LogP contribution in [0.5, 0.6) is 0 Å². The first kappa shape index (κ1) is 21.8. The monoisotopic (exact) mass is 470 g/mol. The second-order valence-corrected chi connectivity index (χ2v) is 8.89. The quantitative estimate of drug-likeness (QED) is 0.315. The average Bonchev–Trinajstić information content (AvgIpc) is 2.98. The van der Waals surface area contributed by atoms with Crippen LogP contribution in [0.3, 0.4) is 0 Å². The summed E-state index contributed by atoms with van der Waals surface area (Å²) in [6, 6.07) is 24.9. The van der Waals surface area contributed by atoms with Gasteiger partial charge < -0.3 is 4.74 Å². The SMILES string of the molecule is Cn1c(COCc2ccccc2)c(Sc2cc(Cl)cc(Cl)c2)n(-c2ccccc2)c1=O. The maximum absolute atomic E-state index is 13.2. The van der Waals surface area contributed by atoms with Gasteiger partial charge in [-0.05, 0) is 35.9 Å². The van der Waals surface area contributed by atoms with Crippen molar-refractivity contribution in [2.45, 2.75) is 23.1 Å². The Kier molecular flexibility index (Phi) is 6.88. The molecule has 4 rings (SSSR count). The van der Waals surface area contributed by atoms with Crippen LogP contribution in [0.15, 0.2) is 93.6 Å². The van der Waals surface area contributed by atoms with Crippen molar-refractivity contribution in [3.8, 4) is 5.69 Å². The van der Waals surface area contributed by atoms with Crippen LogP contribution in [0.2, 0.25) is 10.0 Å². The highest BCUT2D eigenvalue weighted by Gasteiger charge is 2.21. The second kappa shape index (κ2) is 9.79. The summed E-state index contributed by atoms with van der Waals surface area (Å²) < 4.78 is 9.30. The minimum atomic E-state index is -0.139. The Hall–Kier alpha value is -2.44. The van der Waals surface area contributed by atoms with Crippen LogP contribution >= 0.6 is 35.0 Å². The van der Waals surface area contributed by atoms with Gasteiger partial charge in [0, 0.05) is 22.0 Å². The predicted octanol–water partition coefficient (Wildman–Crippen LogP) is 6.35. The molecule has 0 spiro atoms. The van der Waals surface area contributed by atoms with E-state index in [0.29, 0.717) is 16.7 Å². The van der Waals surface area contributed by atoms with E-state index in [0.717, 1.165) is 26.9 Å². The van der Waals surface area contributed by atoms with Crippen LogP contribution in [0.4, 0.5) is 0 Å². The van der Waals surface area contributed by atoms with E-state index in [2.05, 4.69) is 0 Å². The molecule has 31 heavy (non-hydrogen) atoms. The van der Waals surface area contributed by atoms with E-state index in [9.17, 15) is 4.79 Å². The predicted molar refractivity (Wildman–Crippen MR) is 127 cm³/mol. The molecule has 0 bridgehead atoms. The van der Waals surface area contributed by atoms with E-state index in [1.54, 1.807) is 22.2 Å². The Labute approximate surface area is 195 Å². The molecule has 1 aromatic heterocycles. The number of halogens is 2. The molecule has 0 aliphatic heterocycles. The Morgan fingerprint density at radius 1 is 0.871 bits per heavy atom. The first-order valence-corrected chi connectivity index (χ1v) is 11.2. The first-order chi connectivity index (χ1) is 15.0. The molecule has 0 aliphatic rings. The molecular weight excluding hydrogens is 451 g/mol. The van der Waals surface area contributed by atoms with Gasteiger partial charge in [0.2, 0.25) is 0 Å². The van der Waals surface area contributed by atoms with Crippen LogP contribution in [0.25, 0.3) is 5.69 Å². The van der Waals surface area contributed by atoms with Crippen molar-refractivity contribution in [2.75, 3.05) is 0 Å². The van der Waals surface area contributed by atoms with Crippen molar-refractivity contribution in [3.05, 3.63) is 111 Å². The third kappa shape index (κ3) is 5.08. The summed E-state index contributed by atoms with van der Waals surface area (Å²) in [5.74, 6) is 0. The van der Waals surface area contributed by atoms with E-state index in [1.807, 2.05) is 72.8 Å². The van der Waals surface area contributed by atoms with Gasteiger partial charge in [0.15, 0.2) is 0 Å². The second-order valence-electron chi connectivity index (χ2n) is 6.95. The highest BCUT2D eigenvalue weighted by Crippen LogP contribution is 2.35. The summed E-state index contributed by atoms with van der Waals surface area (Å²) in [5.41, 5.74) is 2.50. The van der Waals surface area contributed by atoms with Crippen molar-refractivity contribution in [3.63, 3.8) is 0 Å². The van der Waals surface area contributed by atoms with Gasteiger partial charge in [0.25, 0.3) is 0 Å². The fraction of sp³-hybridized carbons (Fsp3) is 0.125. The zero-order valence-electron chi connectivity index (χ0n) is 16.8. The van der Waals surface area contributed by atoms with Gasteiger partial charge in [0.1, 0.15) is 5.03 Å². The molecule has 0 radical (unpaired) electrons. The fourth-order valence-electron chi connectivity index (χ4n) is 3.23. The Bertz CT molecular complexity index is 1220. The molecule has 0 amide bonds. The lowest BCUT2D eigenvalue weighted by atomic mass is 10.2. The molecule has 0 aliphatic carbocycles. The maximum atomic E-state index is 13.2. The van der Waals surface area contributed by atoms with Crippen molar-refractivity contribution < 1.29 is 4.74 Å². The molecule has 3 aromatic carbocycles. The van der Waals surface area contributed by atoms with Gasteiger partial charge in [-0.2, -0.15) is 0 Å². The number of hydrogen-bond donors (Lipinski definition) is 0. The Balaban J connectivity index is 1.73. The number of nitrogens with zero attached hydrogens (tertiary/aromatic N) is 2. The van der Waals surface area contributed by atoms with E-state index in [-0.39, 0.29) is 12.3 Å². The van der Waals surface area contributed by atoms with E-state index in [4.69, 9.17) is 27.9 Å². The van der Waals surface area contributed by atoms with Crippen LogP contribution in [-0.2, 0) is 25.0 Å². The van der Waals surface area contributed by atoms with Gasteiger partial charge in [0.05, 0.1) is 24.6 Å². The molecule has 7 heteroatoms. The third-order valence-electron chi connectivity index (χ3n) is 4.75. The number of hydrogen-bond acceptors (Lipinski definition) is 3. The topological polar surface area (TPSA) is 36.2 Å². The molecule has 0 saturated heterocycles. The number of imidazole rings is 1. The molecule has 0 atom stereocenters. The minimum Gasteiger partial charge on any atom is -0.370 e. The molecule has 0 unspecified atom stereocenters. The van der Waals surface area contributed by atoms with Gasteiger partial charge in [-0.15, -0.1) is 0 Å². The number of para-hydroxylation sites is 1. The van der Waals surface area contributed by atoms with Gasteiger partial charge >= 0.3 is 5.69 Å². The molecule has 1 heterocycles. The standard InChI is InChI=1S/C24H20Cl2N2O2S/c1-27-22(16-30-15-17-8-4-2-5-9-17)23(31-21-13-18(25)12-19(26)14-21)28(24(27)29)20-10-6-3-7-11-20/h2-14H,15-16H2,1H3. The lowest BCUT2D eigenvalue weighted by molar-refractivity contribution is 0.101. The molecule has 0 fully saturated rings. The molecule has 4 aromatic rings. The zero-order valence-corrected chi connectivity index (χ0v) is 19.1. The molecule has 4 nitrogen and oxygen atoms in total. The largest absolute Gasteiger partial charge is 0.370 e. The molecular formula is C24H20Cl2N2O2S. The van der Waals surface area contributed by atoms with E-state index < -0.39 is 0 Å². The first-order valence-electron chi connectivity index (χ1n) is 9.64. The van der Waals surface area contributed by atoms with Crippen LogP contribution in [0.1, 0.15) is 11.3 Å². The summed E-state index contributed by atoms with van der Waals surface area (Å²) in [4.78, 5) is 14.0. The summed E-state index contributed by atoms with van der Waals surface area (Å²) in [6.45, 7) is 0.746. The third-order valence-corrected chi connectivity index (χ3v) is 6.27. The molecule has 0 saturated carbocycles. The Morgan fingerprint density at radius 3 is 2.13 bits per heavy atom. The zero-order chi connectivity index (χ0) is 21.8. The normalized spacial score (nSPS) is 11.1.